The molecule has 2 aromatic heterocycles. The lowest BCUT2D eigenvalue weighted by Crippen LogP contribution is -2.14. The smallest absolute Gasteiger partial charge is 0.155 e. The molecule has 2 heterocycles. The maximum atomic E-state index is 6.07. The summed E-state index contributed by atoms with van der Waals surface area (Å²) < 4.78 is 4.08. The van der Waals surface area contributed by atoms with E-state index in [9.17, 15) is 0 Å². The van der Waals surface area contributed by atoms with E-state index in [0.29, 0.717) is 5.88 Å². The Kier molecular flexibility index (Phi) is 3.22. The molecule has 1 unspecified atom stereocenters. The molecular formula is C14H16ClN5. The number of para-hydroxylation sites is 1. The molecule has 1 aromatic carbocycles. The van der Waals surface area contributed by atoms with Crippen LogP contribution in [0.15, 0.2) is 24.5 Å². The topological polar surface area (TPSA) is 48.5 Å². The van der Waals surface area contributed by atoms with Crippen molar-refractivity contribution in [2.24, 2.45) is 7.05 Å². The van der Waals surface area contributed by atoms with E-state index in [4.69, 9.17) is 11.6 Å². The van der Waals surface area contributed by atoms with Crippen LogP contribution in [-0.2, 0) is 12.9 Å². The number of aromatic nitrogens is 5. The molecule has 1 atom stereocenters. The average Bonchev–Trinajstić information content (AvgIpc) is 3.02. The first-order chi connectivity index (χ1) is 9.63. The first kappa shape index (κ1) is 13.1. The Balaban J connectivity index is 2.27. The van der Waals surface area contributed by atoms with Gasteiger partial charge in [-0.3, -0.25) is 0 Å². The van der Waals surface area contributed by atoms with E-state index in [1.165, 1.54) is 5.56 Å². The molecule has 3 aromatic rings. The SMILES string of the molecule is Cc1cccc2nc(CCl)n(C(C)c3nncn3C)c12. The number of benzene rings is 1. The summed E-state index contributed by atoms with van der Waals surface area (Å²) in [6, 6.07) is 6.14. The fourth-order valence-electron chi connectivity index (χ4n) is 2.67. The summed E-state index contributed by atoms with van der Waals surface area (Å²) >= 11 is 6.07. The van der Waals surface area contributed by atoms with Gasteiger partial charge in [-0.25, -0.2) is 4.98 Å². The molecule has 0 N–H and O–H groups in total. The molecule has 0 spiro atoms. The fourth-order valence-corrected chi connectivity index (χ4v) is 2.85. The monoisotopic (exact) mass is 289 g/mol. The number of alkyl halides is 1. The summed E-state index contributed by atoms with van der Waals surface area (Å²) in [7, 11) is 1.94. The minimum absolute atomic E-state index is 0.0300. The quantitative estimate of drug-likeness (QED) is 0.697. The number of nitrogens with zero attached hydrogens (tertiary/aromatic N) is 5. The van der Waals surface area contributed by atoms with Gasteiger partial charge in [-0.1, -0.05) is 12.1 Å². The Morgan fingerprint density at radius 1 is 1.35 bits per heavy atom. The lowest BCUT2D eigenvalue weighted by Gasteiger charge is -2.17. The van der Waals surface area contributed by atoms with E-state index >= 15 is 0 Å². The Morgan fingerprint density at radius 2 is 2.15 bits per heavy atom. The zero-order chi connectivity index (χ0) is 14.3. The second kappa shape index (κ2) is 4.90. The van der Waals surface area contributed by atoms with E-state index in [1.54, 1.807) is 6.33 Å². The number of fused-ring (bicyclic) bond motifs is 1. The van der Waals surface area contributed by atoms with Gasteiger partial charge in [0.05, 0.1) is 23.0 Å². The average molecular weight is 290 g/mol. The minimum Gasteiger partial charge on any atom is -0.319 e. The van der Waals surface area contributed by atoms with E-state index in [-0.39, 0.29) is 6.04 Å². The first-order valence-electron chi connectivity index (χ1n) is 6.49. The summed E-state index contributed by atoms with van der Waals surface area (Å²) in [6.07, 6.45) is 1.71. The van der Waals surface area contributed by atoms with Crippen LogP contribution in [0.5, 0.6) is 0 Å². The normalized spacial score (nSPS) is 13.0. The Hall–Kier alpha value is -1.88. The maximum absolute atomic E-state index is 6.07. The van der Waals surface area contributed by atoms with Crippen LogP contribution in [0.25, 0.3) is 11.0 Å². The van der Waals surface area contributed by atoms with Crippen molar-refractivity contribution in [1.29, 1.82) is 0 Å². The largest absolute Gasteiger partial charge is 0.319 e. The molecule has 0 aliphatic rings. The van der Waals surface area contributed by atoms with Crippen LogP contribution >= 0.6 is 11.6 Å². The third-order valence-corrected chi connectivity index (χ3v) is 3.85. The third kappa shape index (κ3) is 1.89. The molecule has 0 aliphatic carbocycles. The summed E-state index contributed by atoms with van der Waals surface area (Å²) in [5.74, 6) is 2.11. The number of hydrogen-bond donors (Lipinski definition) is 0. The highest BCUT2D eigenvalue weighted by Crippen LogP contribution is 2.27. The lowest BCUT2D eigenvalue weighted by atomic mass is 10.2. The molecule has 0 saturated heterocycles. The standard InChI is InChI=1S/C14H16ClN5/c1-9-5-4-6-11-13(9)20(12(7-15)17-11)10(2)14-18-16-8-19(14)3/h4-6,8,10H,7H2,1-3H3. The van der Waals surface area contributed by atoms with Gasteiger partial charge < -0.3 is 9.13 Å². The van der Waals surface area contributed by atoms with Crippen LogP contribution in [0.3, 0.4) is 0 Å². The molecule has 5 nitrogen and oxygen atoms in total. The fraction of sp³-hybridized carbons (Fsp3) is 0.357. The van der Waals surface area contributed by atoms with Crippen LogP contribution in [0.1, 0.15) is 30.2 Å². The number of halogens is 1. The van der Waals surface area contributed by atoms with Crippen molar-refractivity contribution in [2.45, 2.75) is 25.8 Å². The van der Waals surface area contributed by atoms with Crippen molar-refractivity contribution in [2.75, 3.05) is 0 Å². The number of aryl methyl sites for hydroxylation is 2. The summed E-state index contributed by atoms with van der Waals surface area (Å²) in [5, 5.41) is 8.16. The zero-order valence-corrected chi connectivity index (χ0v) is 12.5. The second-order valence-corrected chi connectivity index (χ2v) is 5.22. The summed E-state index contributed by atoms with van der Waals surface area (Å²) in [6.45, 7) is 4.18. The molecule has 0 bridgehead atoms. The predicted molar refractivity (Wildman–Crippen MR) is 78.8 cm³/mol. The minimum atomic E-state index is 0.0300. The highest BCUT2D eigenvalue weighted by atomic mass is 35.5. The van der Waals surface area contributed by atoms with Crippen LogP contribution in [0, 0.1) is 6.92 Å². The van der Waals surface area contributed by atoms with E-state index in [1.807, 2.05) is 23.7 Å². The van der Waals surface area contributed by atoms with Gasteiger partial charge in [-0.15, -0.1) is 21.8 Å². The van der Waals surface area contributed by atoms with E-state index in [2.05, 4.69) is 39.7 Å². The number of imidazole rings is 1. The predicted octanol–water partition coefficient (Wildman–Crippen LogP) is 2.82. The molecule has 0 fully saturated rings. The lowest BCUT2D eigenvalue weighted by molar-refractivity contribution is 0.571. The number of hydrogen-bond acceptors (Lipinski definition) is 3. The molecule has 3 rings (SSSR count). The maximum Gasteiger partial charge on any atom is 0.155 e. The first-order valence-corrected chi connectivity index (χ1v) is 7.03. The van der Waals surface area contributed by atoms with Gasteiger partial charge in [0.25, 0.3) is 0 Å². The Labute approximate surface area is 122 Å². The molecule has 20 heavy (non-hydrogen) atoms. The van der Waals surface area contributed by atoms with Gasteiger partial charge in [-0.05, 0) is 25.5 Å². The third-order valence-electron chi connectivity index (χ3n) is 3.61. The van der Waals surface area contributed by atoms with Crippen molar-refractivity contribution in [3.8, 4) is 0 Å². The highest BCUT2D eigenvalue weighted by Gasteiger charge is 2.20. The highest BCUT2D eigenvalue weighted by molar-refractivity contribution is 6.16. The van der Waals surface area contributed by atoms with Gasteiger partial charge >= 0.3 is 0 Å². The van der Waals surface area contributed by atoms with Crippen molar-refractivity contribution in [3.05, 3.63) is 41.7 Å². The second-order valence-electron chi connectivity index (χ2n) is 4.95. The van der Waals surface area contributed by atoms with Crippen molar-refractivity contribution >= 4 is 22.6 Å². The van der Waals surface area contributed by atoms with Gasteiger partial charge in [0.15, 0.2) is 5.82 Å². The van der Waals surface area contributed by atoms with Crippen LogP contribution in [0.4, 0.5) is 0 Å². The van der Waals surface area contributed by atoms with Gasteiger partial charge in [-0.2, -0.15) is 0 Å². The summed E-state index contributed by atoms with van der Waals surface area (Å²) in [4.78, 5) is 4.63. The molecule has 6 heteroatoms. The van der Waals surface area contributed by atoms with Crippen molar-refractivity contribution < 1.29 is 0 Å². The van der Waals surface area contributed by atoms with Crippen molar-refractivity contribution in [1.82, 2.24) is 24.3 Å². The Bertz CT molecular complexity index is 758. The van der Waals surface area contributed by atoms with Gasteiger partial charge in [0.2, 0.25) is 0 Å². The van der Waals surface area contributed by atoms with E-state index in [0.717, 1.165) is 22.7 Å². The van der Waals surface area contributed by atoms with Crippen molar-refractivity contribution in [3.63, 3.8) is 0 Å². The molecule has 104 valence electrons. The molecular weight excluding hydrogens is 274 g/mol. The molecule has 0 radical (unpaired) electrons. The van der Waals surface area contributed by atoms with Crippen LogP contribution in [-0.4, -0.2) is 24.3 Å². The summed E-state index contributed by atoms with van der Waals surface area (Å²) in [5.41, 5.74) is 3.26. The Morgan fingerprint density at radius 3 is 2.80 bits per heavy atom. The van der Waals surface area contributed by atoms with Gasteiger partial charge in [0, 0.05) is 7.05 Å². The number of rotatable bonds is 3. The van der Waals surface area contributed by atoms with Crippen LogP contribution < -0.4 is 0 Å². The van der Waals surface area contributed by atoms with E-state index < -0.39 is 0 Å². The molecule has 0 amide bonds. The zero-order valence-electron chi connectivity index (χ0n) is 11.7. The molecule has 0 saturated carbocycles. The van der Waals surface area contributed by atoms with Crippen LogP contribution in [0.2, 0.25) is 0 Å². The molecule has 0 aliphatic heterocycles. The van der Waals surface area contributed by atoms with Gasteiger partial charge in [0.1, 0.15) is 12.2 Å².